The van der Waals surface area contributed by atoms with Crippen LogP contribution in [0.1, 0.15) is 5.56 Å². The SMILES string of the molecule is N#CSc1ccc(CC2CN(CC=O)CCN(CC(=O)O)CCN2CC(=O)O)cc1. The first kappa shape index (κ1) is 23.8. The summed E-state index contributed by atoms with van der Waals surface area (Å²) < 4.78 is 0. The molecule has 1 unspecified atom stereocenters. The number of carbonyl (C=O) groups excluding carboxylic acids is 1. The number of rotatable bonds is 9. The van der Waals surface area contributed by atoms with Crippen LogP contribution in [0.4, 0.5) is 0 Å². The van der Waals surface area contributed by atoms with Gasteiger partial charge in [-0.3, -0.25) is 24.3 Å². The summed E-state index contributed by atoms with van der Waals surface area (Å²) in [5.41, 5.74) is 1.00. The maximum Gasteiger partial charge on any atom is 0.317 e. The average Bonchev–Trinajstić information content (AvgIpc) is 2.75. The van der Waals surface area contributed by atoms with Gasteiger partial charge in [-0.1, -0.05) is 12.1 Å². The monoisotopic (exact) mass is 434 g/mol. The Balaban J connectivity index is 2.23. The molecule has 0 saturated carbocycles. The van der Waals surface area contributed by atoms with Gasteiger partial charge in [-0.25, -0.2) is 0 Å². The van der Waals surface area contributed by atoms with Crippen molar-refractivity contribution >= 4 is 30.0 Å². The van der Waals surface area contributed by atoms with Crippen molar-refractivity contribution in [1.82, 2.24) is 14.7 Å². The van der Waals surface area contributed by atoms with Crippen LogP contribution >= 0.6 is 11.8 Å². The van der Waals surface area contributed by atoms with Gasteiger partial charge in [0.2, 0.25) is 0 Å². The lowest BCUT2D eigenvalue weighted by Crippen LogP contribution is -2.48. The minimum atomic E-state index is -0.952. The summed E-state index contributed by atoms with van der Waals surface area (Å²) in [6, 6.07) is 7.41. The summed E-state index contributed by atoms with van der Waals surface area (Å²) in [5, 5.41) is 29.4. The molecule has 1 aliphatic heterocycles. The summed E-state index contributed by atoms with van der Waals surface area (Å²) in [4.78, 5) is 40.2. The first-order chi connectivity index (χ1) is 14.4. The van der Waals surface area contributed by atoms with Crippen LogP contribution < -0.4 is 0 Å². The van der Waals surface area contributed by atoms with Crippen LogP contribution in [0.15, 0.2) is 29.2 Å². The van der Waals surface area contributed by atoms with Gasteiger partial charge >= 0.3 is 11.9 Å². The van der Waals surface area contributed by atoms with Gasteiger partial charge < -0.3 is 15.0 Å². The molecule has 1 saturated heterocycles. The first-order valence-electron chi connectivity index (χ1n) is 9.62. The number of thiocyanates is 1. The molecule has 0 radical (unpaired) electrons. The third-order valence-corrected chi connectivity index (χ3v) is 5.61. The zero-order valence-corrected chi connectivity index (χ0v) is 17.5. The van der Waals surface area contributed by atoms with Gasteiger partial charge in [0.25, 0.3) is 0 Å². The van der Waals surface area contributed by atoms with E-state index in [9.17, 15) is 19.5 Å². The molecule has 1 aliphatic rings. The highest BCUT2D eigenvalue weighted by atomic mass is 32.2. The predicted molar refractivity (Wildman–Crippen MR) is 111 cm³/mol. The van der Waals surface area contributed by atoms with Gasteiger partial charge in [0.1, 0.15) is 11.7 Å². The second kappa shape index (κ2) is 12.3. The van der Waals surface area contributed by atoms with E-state index in [0.29, 0.717) is 39.1 Å². The number of nitriles is 1. The summed E-state index contributed by atoms with van der Waals surface area (Å²) in [6.45, 7) is 2.29. The molecule has 2 N–H and O–H groups in total. The largest absolute Gasteiger partial charge is 0.480 e. The molecule has 0 aliphatic carbocycles. The van der Waals surface area contributed by atoms with Crippen LogP contribution in [0.3, 0.4) is 0 Å². The Morgan fingerprint density at radius 3 is 2.30 bits per heavy atom. The number of carboxylic acid groups (broad SMARTS) is 2. The molecule has 0 aromatic heterocycles. The van der Waals surface area contributed by atoms with Crippen molar-refractivity contribution in [3.8, 4) is 5.40 Å². The molecule has 1 fully saturated rings. The highest BCUT2D eigenvalue weighted by Crippen LogP contribution is 2.19. The number of hydrogen-bond donors (Lipinski definition) is 2. The minimum absolute atomic E-state index is 0.126. The van der Waals surface area contributed by atoms with Gasteiger partial charge in [-0.15, -0.1) is 0 Å². The third kappa shape index (κ3) is 8.12. The molecule has 0 amide bonds. The summed E-state index contributed by atoms with van der Waals surface area (Å²) >= 11 is 1.08. The third-order valence-electron chi connectivity index (χ3n) is 5.01. The fourth-order valence-corrected chi connectivity index (χ4v) is 3.94. The van der Waals surface area contributed by atoms with E-state index in [1.807, 2.05) is 39.5 Å². The van der Waals surface area contributed by atoms with Crippen LogP contribution in [0.5, 0.6) is 0 Å². The molecule has 1 atom stereocenters. The number of thioether (sulfide) groups is 1. The standard InChI is InChI=1S/C20H26N4O5S/c21-15-30-18-3-1-16(2-4-18)11-17-12-23(9-10-25)6-5-22(13-19(26)27)7-8-24(17)14-20(28)29/h1-4,10,17H,5-9,11-14H2,(H,26,27)(H,28,29). The molecular weight excluding hydrogens is 408 g/mol. The van der Waals surface area contributed by atoms with Crippen LogP contribution in [0.2, 0.25) is 0 Å². The van der Waals surface area contributed by atoms with E-state index in [0.717, 1.165) is 28.5 Å². The van der Waals surface area contributed by atoms with Crippen molar-refractivity contribution in [3.63, 3.8) is 0 Å². The fourth-order valence-electron chi connectivity index (χ4n) is 3.57. The summed E-state index contributed by atoms with van der Waals surface area (Å²) in [7, 11) is 0. The molecule has 9 nitrogen and oxygen atoms in total. The molecule has 30 heavy (non-hydrogen) atoms. The molecule has 1 aromatic carbocycles. The summed E-state index contributed by atoms with van der Waals surface area (Å²) in [6.07, 6.45) is 1.39. The van der Waals surface area contributed by atoms with Gasteiger partial charge in [0, 0.05) is 43.7 Å². The molecule has 10 heteroatoms. The highest BCUT2D eigenvalue weighted by Gasteiger charge is 2.27. The number of aldehydes is 1. The van der Waals surface area contributed by atoms with Gasteiger partial charge in [0.15, 0.2) is 0 Å². The van der Waals surface area contributed by atoms with E-state index in [-0.39, 0.29) is 25.7 Å². The Morgan fingerprint density at radius 2 is 1.70 bits per heavy atom. The van der Waals surface area contributed by atoms with E-state index < -0.39 is 11.9 Å². The molecular formula is C20H26N4O5S. The molecule has 1 heterocycles. The van der Waals surface area contributed by atoms with Crippen LogP contribution in [0.25, 0.3) is 0 Å². The fraction of sp³-hybridized carbons (Fsp3) is 0.500. The number of nitrogens with zero attached hydrogens (tertiary/aromatic N) is 4. The lowest BCUT2D eigenvalue weighted by atomic mass is 10.0. The maximum atomic E-state index is 11.5. The van der Waals surface area contributed by atoms with Crippen molar-refractivity contribution in [3.05, 3.63) is 29.8 Å². The van der Waals surface area contributed by atoms with Crippen molar-refractivity contribution < 1.29 is 24.6 Å². The Labute approximate surface area is 179 Å². The zero-order chi connectivity index (χ0) is 21.9. The number of aliphatic carboxylic acids is 2. The van der Waals surface area contributed by atoms with E-state index in [4.69, 9.17) is 10.4 Å². The van der Waals surface area contributed by atoms with E-state index >= 15 is 0 Å². The molecule has 0 bridgehead atoms. The normalized spacial score (nSPS) is 19.2. The quantitative estimate of drug-likeness (QED) is 0.322. The lowest BCUT2D eigenvalue weighted by molar-refractivity contribution is -0.140. The van der Waals surface area contributed by atoms with Gasteiger partial charge in [-0.2, -0.15) is 5.26 Å². The van der Waals surface area contributed by atoms with Crippen LogP contribution in [-0.2, 0) is 20.8 Å². The summed E-state index contributed by atoms with van der Waals surface area (Å²) in [5.74, 6) is -1.89. The number of carboxylic acids is 2. The molecule has 0 spiro atoms. The number of carbonyl (C=O) groups is 3. The maximum absolute atomic E-state index is 11.5. The predicted octanol–water partition coefficient (Wildman–Crippen LogP) is 0.459. The van der Waals surface area contributed by atoms with E-state index in [1.165, 1.54) is 0 Å². The topological polar surface area (TPSA) is 125 Å². The minimum Gasteiger partial charge on any atom is -0.480 e. The highest BCUT2D eigenvalue weighted by molar-refractivity contribution is 8.03. The molecule has 162 valence electrons. The second-order valence-corrected chi connectivity index (χ2v) is 8.01. The Kier molecular flexibility index (Phi) is 9.76. The van der Waals surface area contributed by atoms with E-state index in [1.54, 1.807) is 4.90 Å². The first-order valence-corrected chi connectivity index (χ1v) is 10.4. The van der Waals surface area contributed by atoms with Crippen molar-refractivity contribution in [2.45, 2.75) is 17.4 Å². The van der Waals surface area contributed by atoms with Crippen LogP contribution in [-0.4, -0.2) is 102 Å². The number of hydrogen-bond acceptors (Lipinski definition) is 8. The Morgan fingerprint density at radius 1 is 1.07 bits per heavy atom. The molecule has 2 rings (SSSR count). The lowest BCUT2D eigenvalue weighted by Gasteiger charge is -2.33. The van der Waals surface area contributed by atoms with Crippen molar-refractivity contribution in [2.75, 3.05) is 52.4 Å². The van der Waals surface area contributed by atoms with Gasteiger partial charge in [-0.05, 0) is 35.9 Å². The zero-order valence-electron chi connectivity index (χ0n) is 16.6. The van der Waals surface area contributed by atoms with Gasteiger partial charge in [0.05, 0.1) is 19.6 Å². The Bertz CT molecular complexity index is 767. The van der Waals surface area contributed by atoms with Crippen molar-refractivity contribution in [2.24, 2.45) is 0 Å². The van der Waals surface area contributed by atoms with E-state index in [2.05, 4.69) is 0 Å². The molecule has 1 aromatic rings. The smallest absolute Gasteiger partial charge is 0.317 e. The van der Waals surface area contributed by atoms with Crippen LogP contribution in [0, 0.1) is 10.7 Å². The second-order valence-electron chi connectivity index (χ2n) is 7.16. The average molecular weight is 435 g/mol. The Hall–Kier alpha value is -2.45. The van der Waals surface area contributed by atoms with Crippen molar-refractivity contribution in [1.29, 1.82) is 5.26 Å². The number of benzene rings is 1.